The maximum atomic E-state index is 12.6. The summed E-state index contributed by atoms with van der Waals surface area (Å²) in [4.78, 5) is 28.3. The van der Waals surface area contributed by atoms with Crippen molar-refractivity contribution >= 4 is 22.8 Å². The molecule has 1 aromatic carbocycles. The van der Waals surface area contributed by atoms with Gasteiger partial charge < -0.3 is 18.6 Å². The van der Waals surface area contributed by atoms with Gasteiger partial charge in [0.15, 0.2) is 5.76 Å². The Balaban J connectivity index is 1.43. The zero-order chi connectivity index (χ0) is 16.5. The Hall–Kier alpha value is -3.02. The summed E-state index contributed by atoms with van der Waals surface area (Å²) in [6.07, 6.45) is 2.92. The Morgan fingerprint density at radius 1 is 0.917 bits per heavy atom. The van der Waals surface area contributed by atoms with E-state index in [0.29, 0.717) is 43.1 Å². The first kappa shape index (κ1) is 14.6. The lowest BCUT2D eigenvalue weighted by Crippen LogP contribution is -2.50. The van der Waals surface area contributed by atoms with Gasteiger partial charge in [0, 0.05) is 31.6 Å². The number of carbonyl (C=O) groups is 2. The molecule has 6 nitrogen and oxygen atoms in total. The maximum Gasteiger partial charge on any atom is 0.289 e. The SMILES string of the molecule is O=C(c1ccoc1)N1CCN(C(=O)c2cc3ccccc3o2)CC1. The zero-order valence-electron chi connectivity index (χ0n) is 13.0. The van der Waals surface area contributed by atoms with E-state index in [1.54, 1.807) is 21.9 Å². The van der Waals surface area contributed by atoms with E-state index in [1.807, 2.05) is 24.3 Å². The monoisotopic (exact) mass is 324 g/mol. The molecule has 1 fully saturated rings. The molecule has 1 saturated heterocycles. The van der Waals surface area contributed by atoms with E-state index >= 15 is 0 Å². The molecule has 0 aliphatic carbocycles. The highest BCUT2D eigenvalue weighted by Gasteiger charge is 2.27. The summed E-state index contributed by atoms with van der Waals surface area (Å²) in [5.41, 5.74) is 1.24. The Bertz CT molecular complexity index is 840. The lowest BCUT2D eigenvalue weighted by Gasteiger charge is -2.34. The maximum absolute atomic E-state index is 12.6. The van der Waals surface area contributed by atoms with E-state index in [1.165, 1.54) is 12.5 Å². The Labute approximate surface area is 138 Å². The third-order valence-electron chi connectivity index (χ3n) is 4.26. The van der Waals surface area contributed by atoms with Gasteiger partial charge in [-0.1, -0.05) is 18.2 Å². The third kappa shape index (κ3) is 2.56. The van der Waals surface area contributed by atoms with Crippen LogP contribution in [0, 0.1) is 0 Å². The zero-order valence-corrected chi connectivity index (χ0v) is 13.0. The number of para-hydroxylation sites is 1. The van der Waals surface area contributed by atoms with Crippen LogP contribution in [0.2, 0.25) is 0 Å². The van der Waals surface area contributed by atoms with Gasteiger partial charge in [-0.05, 0) is 18.2 Å². The van der Waals surface area contributed by atoms with Gasteiger partial charge in [0.1, 0.15) is 11.8 Å². The largest absolute Gasteiger partial charge is 0.472 e. The normalized spacial score (nSPS) is 15.0. The minimum absolute atomic E-state index is 0.0698. The van der Waals surface area contributed by atoms with Gasteiger partial charge in [0.25, 0.3) is 11.8 Å². The first-order valence-corrected chi connectivity index (χ1v) is 7.82. The fraction of sp³-hybridized carbons (Fsp3) is 0.222. The number of fused-ring (bicyclic) bond motifs is 1. The average Bonchev–Trinajstić information content (AvgIpc) is 3.30. The first-order chi connectivity index (χ1) is 11.7. The fourth-order valence-electron chi connectivity index (χ4n) is 2.92. The highest BCUT2D eigenvalue weighted by Crippen LogP contribution is 2.20. The van der Waals surface area contributed by atoms with Crippen molar-refractivity contribution in [3.8, 4) is 0 Å². The third-order valence-corrected chi connectivity index (χ3v) is 4.26. The molecule has 0 spiro atoms. The van der Waals surface area contributed by atoms with E-state index in [-0.39, 0.29) is 11.8 Å². The lowest BCUT2D eigenvalue weighted by atomic mass is 10.2. The highest BCUT2D eigenvalue weighted by molar-refractivity contribution is 5.97. The molecule has 0 saturated carbocycles. The number of rotatable bonds is 2. The molecule has 2 amide bonds. The van der Waals surface area contributed by atoms with Crippen LogP contribution in [0.5, 0.6) is 0 Å². The Kier molecular flexibility index (Phi) is 3.57. The van der Waals surface area contributed by atoms with Crippen LogP contribution in [0.25, 0.3) is 11.0 Å². The van der Waals surface area contributed by atoms with Crippen LogP contribution in [-0.2, 0) is 0 Å². The van der Waals surface area contributed by atoms with Crippen molar-refractivity contribution in [1.82, 2.24) is 9.80 Å². The predicted molar refractivity (Wildman–Crippen MR) is 86.7 cm³/mol. The molecule has 0 N–H and O–H groups in total. The highest BCUT2D eigenvalue weighted by atomic mass is 16.3. The summed E-state index contributed by atoms with van der Waals surface area (Å²) in [7, 11) is 0. The molecular formula is C18H16N2O4. The number of amides is 2. The van der Waals surface area contributed by atoms with Crippen LogP contribution in [0.3, 0.4) is 0 Å². The minimum atomic E-state index is -0.137. The number of carbonyl (C=O) groups excluding carboxylic acids is 2. The number of piperazine rings is 1. The van der Waals surface area contributed by atoms with Crippen molar-refractivity contribution in [1.29, 1.82) is 0 Å². The molecule has 3 heterocycles. The number of hydrogen-bond donors (Lipinski definition) is 0. The second-order valence-corrected chi connectivity index (χ2v) is 5.74. The topological polar surface area (TPSA) is 66.9 Å². The van der Waals surface area contributed by atoms with E-state index < -0.39 is 0 Å². The molecule has 0 unspecified atom stereocenters. The summed E-state index contributed by atoms with van der Waals surface area (Å²) in [5.74, 6) is 0.131. The Morgan fingerprint density at radius 3 is 2.29 bits per heavy atom. The number of benzene rings is 1. The summed E-state index contributed by atoms with van der Waals surface area (Å²) in [5, 5.41) is 0.912. The van der Waals surface area contributed by atoms with Crippen molar-refractivity contribution in [2.24, 2.45) is 0 Å². The van der Waals surface area contributed by atoms with Crippen LogP contribution in [0.4, 0.5) is 0 Å². The molecule has 4 rings (SSSR count). The molecule has 6 heteroatoms. The number of nitrogens with zero attached hydrogens (tertiary/aromatic N) is 2. The molecule has 3 aromatic rings. The van der Waals surface area contributed by atoms with Crippen molar-refractivity contribution < 1.29 is 18.4 Å². The molecule has 0 radical (unpaired) electrons. The van der Waals surface area contributed by atoms with Gasteiger partial charge in [-0.15, -0.1) is 0 Å². The molecule has 0 atom stereocenters. The van der Waals surface area contributed by atoms with Gasteiger partial charge in [0.05, 0.1) is 11.8 Å². The van der Waals surface area contributed by atoms with Crippen LogP contribution in [0.15, 0.2) is 57.8 Å². The van der Waals surface area contributed by atoms with Gasteiger partial charge in [-0.2, -0.15) is 0 Å². The Morgan fingerprint density at radius 2 is 1.62 bits per heavy atom. The number of hydrogen-bond acceptors (Lipinski definition) is 4. The quantitative estimate of drug-likeness (QED) is 0.727. The minimum Gasteiger partial charge on any atom is -0.472 e. The van der Waals surface area contributed by atoms with Gasteiger partial charge in [0.2, 0.25) is 0 Å². The fourth-order valence-corrected chi connectivity index (χ4v) is 2.92. The molecule has 122 valence electrons. The van der Waals surface area contributed by atoms with Crippen molar-refractivity contribution in [2.45, 2.75) is 0 Å². The van der Waals surface area contributed by atoms with Gasteiger partial charge in [-0.3, -0.25) is 9.59 Å². The smallest absolute Gasteiger partial charge is 0.289 e. The van der Waals surface area contributed by atoms with E-state index in [9.17, 15) is 9.59 Å². The molecule has 2 aromatic heterocycles. The summed E-state index contributed by atoms with van der Waals surface area (Å²) in [6, 6.07) is 11.0. The van der Waals surface area contributed by atoms with Gasteiger partial charge >= 0.3 is 0 Å². The summed E-state index contributed by atoms with van der Waals surface area (Å²) >= 11 is 0. The molecule has 0 bridgehead atoms. The van der Waals surface area contributed by atoms with E-state index in [0.717, 1.165) is 5.39 Å². The van der Waals surface area contributed by atoms with Crippen LogP contribution >= 0.6 is 0 Å². The van der Waals surface area contributed by atoms with Crippen molar-refractivity contribution in [2.75, 3.05) is 26.2 Å². The average molecular weight is 324 g/mol. The van der Waals surface area contributed by atoms with Crippen molar-refractivity contribution in [3.05, 3.63) is 60.2 Å². The molecule has 24 heavy (non-hydrogen) atoms. The van der Waals surface area contributed by atoms with Crippen LogP contribution in [-0.4, -0.2) is 47.8 Å². The van der Waals surface area contributed by atoms with Crippen LogP contribution in [0.1, 0.15) is 20.9 Å². The summed E-state index contributed by atoms with van der Waals surface area (Å²) < 4.78 is 10.6. The van der Waals surface area contributed by atoms with E-state index in [4.69, 9.17) is 8.83 Å². The second-order valence-electron chi connectivity index (χ2n) is 5.74. The molecular weight excluding hydrogens is 308 g/mol. The standard InChI is InChI=1S/C18H16N2O4/c21-17(14-5-10-23-12-14)19-6-8-20(9-7-19)18(22)16-11-13-3-1-2-4-15(13)24-16/h1-5,10-12H,6-9H2. The second kappa shape index (κ2) is 5.88. The molecule has 1 aliphatic heterocycles. The number of furan rings is 2. The van der Waals surface area contributed by atoms with E-state index in [2.05, 4.69) is 0 Å². The molecule has 1 aliphatic rings. The van der Waals surface area contributed by atoms with Crippen molar-refractivity contribution in [3.63, 3.8) is 0 Å². The summed E-state index contributed by atoms with van der Waals surface area (Å²) in [6.45, 7) is 1.96. The first-order valence-electron chi connectivity index (χ1n) is 7.82. The van der Waals surface area contributed by atoms with Crippen LogP contribution < -0.4 is 0 Å². The van der Waals surface area contributed by atoms with Gasteiger partial charge in [-0.25, -0.2) is 0 Å². The lowest BCUT2D eigenvalue weighted by molar-refractivity contribution is 0.0519. The predicted octanol–water partition coefficient (Wildman–Crippen LogP) is 2.62.